The number of benzene rings is 2. The lowest BCUT2D eigenvalue weighted by atomic mass is 10.1. The second-order valence-electron chi connectivity index (χ2n) is 9.60. The highest BCUT2D eigenvalue weighted by atomic mass is 32.2. The Labute approximate surface area is 237 Å². The summed E-state index contributed by atoms with van der Waals surface area (Å²) in [5.74, 6) is 0.318. The van der Waals surface area contributed by atoms with E-state index in [0.717, 1.165) is 35.6 Å². The zero-order valence-corrected chi connectivity index (χ0v) is 23.8. The summed E-state index contributed by atoms with van der Waals surface area (Å²) in [5, 5.41) is 27.1. The molecule has 11 heteroatoms. The number of unbranched alkanes of at least 4 members (excludes halogenated alkanes) is 4. The molecule has 0 spiro atoms. The lowest BCUT2D eigenvalue weighted by Gasteiger charge is -2.20. The van der Waals surface area contributed by atoms with Crippen LogP contribution in [0.3, 0.4) is 0 Å². The van der Waals surface area contributed by atoms with Crippen molar-refractivity contribution in [3.8, 4) is 11.5 Å². The molecule has 0 bridgehead atoms. The van der Waals surface area contributed by atoms with Crippen molar-refractivity contribution in [1.82, 2.24) is 5.01 Å². The number of carbonyl (C=O) groups excluding carboxylic acids is 1. The second kappa shape index (κ2) is 13.4. The molecule has 1 N–H and O–H groups in total. The minimum atomic E-state index is -0.598. The van der Waals surface area contributed by atoms with Gasteiger partial charge in [0, 0.05) is 17.7 Å². The Bertz CT molecular complexity index is 1400. The first-order chi connectivity index (χ1) is 19.3. The fourth-order valence-corrected chi connectivity index (χ4v) is 5.10. The molecule has 0 atom stereocenters. The van der Waals surface area contributed by atoms with Crippen molar-refractivity contribution in [2.24, 2.45) is 10.1 Å². The van der Waals surface area contributed by atoms with Gasteiger partial charge < -0.3 is 9.47 Å². The Hall–Kier alpha value is -3.99. The number of hydrogen-bond acceptors (Lipinski definition) is 8. The second-order valence-corrected chi connectivity index (χ2v) is 10.6. The van der Waals surface area contributed by atoms with Crippen molar-refractivity contribution in [3.05, 3.63) is 68.8 Å². The molecular weight excluding hydrogens is 530 g/mol. The molecule has 0 fully saturated rings. The van der Waals surface area contributed by atoms with Crippen molar-refractivity contribution in [1.29, 1.82) is 5.41 Å². The van der Waals surface area contributed by atoms with Crippen LogP contribution in [0.1, 0.15) is 62.1 Å². The molecule has 2 aromatic rings. The largest absolute Gasteiger partial charge is 0.490 e. The number of aliphatic imine (C=N–C) groups is 1. The van der Waals surface area contributed by atoms with E-state index in [0.29, 0.717) is 16.5 Å². The van der Waals surface area contributed by atoms with Crippen LogP contribution in [0.15, 0.2) is 52.1 Å². The SMILES string of the molecule is CCCCCCCC1=NN2C(=N)/C(=C/c3cc([N+](=O)[O-])ccc3OCCOc3ccc(C)c(C)c3)C(=O)N=C2S1. The van der Waals surface area contributed by atoms with Crippen LogP contribution in [-0.4, -0.2) is 45.1 Å². The molecule has 0 saturated heterocycles. The maximum absolute atomic E-state index is 12.9. The van der Waals surface area contributed by atoms with Crippen molar-refractivity contribution in [2.45, 2.75) is 59.3 Å². The summed E-state index contributed by atoms with van der Waals surface area (Å²) in [4.78, 5) is 28.0. The Morgan fingerprint density at radius 3 is 2.58 bits per heavy atom. The summed E-state index contributed by atoms with van der Waals surface area (Å²) in [6, 6.07) is 9.94. The molecule has 0 unspecified atom stereocenters. The number of carbonyl (C=O) groups is 1. The standard InChI is InChI=1S/C29H33N5O5S/c1-4-5-6-7-8-9-26-32-33-27(30)24(28(35)31-29(33)40-26)18-21-17-22(34(36)37)11-13-25(21)39-15-14-38-23-12-10-19(2)20(3)16-23/h10-13,16-18,30H,4-9,14-15H2,1-3H3/b24-18-,30-27?. The van der Waals surface area contributed by atoms with E-state index in [-0.39, 0.29) is 30.3 Å². The molecule has 4 rings (SSSR count). The molecule has 0 aliphatic carbocycles. The smallest absolute Gasteiger partial charge is 0.283 e. The Balaban J connectivity index is 1.48. The first-order valence-corrected chi connectivity index (χ1v) is 14.2. The van der Waals surface area contributed by atoms with E-state index in [1.54, 1.807) is 0 Å². The number of thioether (sulfide) groups is 1. The topological polar surface area (TPSA) is 130 Å². The Morgan fingerprint density at radius 1 is 1.05 bits per heavy atom. The lowest BCUT2D eigenvalue weighted by Crippen LogP contribution is -2.35. The molecular formula is C29H33N5O5S. The summed E-state index contributed by atoms with van der Waals surface area (Å²) in [5.41, 5.74) is 2.40. The van der Waals surface area contributed by atoms with Crippen molar-refractivity contribution in [3.63, 3.8) is 0 Å². The van der Waals surface area contributed by atoms with E-state index in [1.807, 2.05) is 32.0 Å². The average Bonchev–Trinajstić information content (AvgIpc) is 3.34. The molecule has 10 nitrogen and oxygen atoms in total. The van der Waals surface area contributed by atoms with Crippen LogP contribution in [0.2, 0.25) is 0 Å². The van der Waals surface area contributed by atoms with E-state index >= 15 is 0 Å². The predicted octanol–water partition coefficient (Wildman–Crippen LogP) is 6.65. The molecule has 0 radical (unpaired) electrons. The number of hydrogen-bond donors (Lipinski definition) is 1. The highest BCUT2D eigenvalue weighted by molar-refractivity contribution is 8.26. The number of ether oxygens (including phenoxy) is 2. The van der Waals surface area contributed by atoms with Gasteiger partial charge in [-0.2, -0.15) is 15.1 Å². The number of rotatable bonds is 13. The third-order valence-corrected chi connectivity index (χ3v) is 7.55. The molecule has 2 aliphatic rings. The van der Waals surface area contributed by atoms with Crippen molar-refractivity contribution >= 4 is 45.5 Å². The molecule has 2 aliphatic heterocycles. The molecule has 210 valence electrons. The Kier molecular flexibility index (Phi) is 9.70. The van der Waals surface area contributed by atoms with Crippen molar-refractivity contribution in [2.75, 3.05) is 13.2 Å². The van der Waals surface area contributed by atoms with E-state index in [1.165, 1.54) is 65.9 Å². The van der Waals surface area contributed by atoms with Gasteiger partial charge in [0.25, 0.3) is 11.6 Å². The van der Waals surface area contributed by atoms with Gasteiger partial charge in [0.05, 0.1) is 10.5 Å². The molecule has 1 amide bonds. The number of amides is 1. The number of hydrazone groups is 1. The summed E-state index contributed by atoms with van der Waals surface area (Å²) in [6.07, 6.45) is 7.80. The monoisotopic (exact) mass is 563 g/mol. The maximum atomic E-state index is 12.9. The van der Waals surface area contributed by atoms with Crippen LogP contribution in [0.5, 0.6) is 11.5 Å². The van der Waals surface area contributed by atoms with E-state index in [4.69, 9.17) is 14.9 Å². The quantitative estimate of drug-likeness (QED) is 0.125. The minimum Gasteiger partial charge on any atom is -0.490 e. The maximum Gasteiger partial charge on any atom is 0.283 e. The van der Waals surface area contributed by atoms with Crippen LogP contribution >= 0.6 is 11.8 Å². The van der Waals surface area contributed by atoms with Crippen molar-refractivity contribution < 1.29 is 19.2 Å². The predicted molar refractivity (Wildman–Crippen MR) is 158 cm³/mol. The summed E-state index contributed by atoms with van der Waals surface area (Å²) >= 11 is 1.31. The number of nitro groups is 1. The zero-order chi connectivity index (χ0) is 28.6. The highest BCUT2D eigenvalue weighted by Gasteiger charge is 2.35. The number of amidine groups is 2. The number of nitro benzene ring substituents is 1. The van der Waals surface area contributed by atoms with Gasteiger partial charge in [-0.1, -0.05) is 38.7 Å². The zero-order valence-electron chi connectivity index (χ0n) is 22.9. The van der Waals surface area contributed by atoms with Gasteiger partial charge in [-0.3, -0.25) is 20.3 Å². The summed E-state index contributed by atoms with van der Waals surface area (Å²) in [7, 11) is 0. The number of aryl methyl sites for hydroxylation is 2. The molecule has 0 saturated carbocycles. The van der Waals surface area contributed by atoms with Crippen LogP contribution in [-0.2, 0) is 4.79 Å². The lowest BCUT2D eigenvalue weighted by molar-refractivity contribution is -0.384. The fourth-order valence-electron chi connectivity index (χ4n) is 4.18. The average molecular weight is 564 g/mol. The molecule has 40 heavy (non-hydrogen) atoms. The van der Waals surface area contributed by atoms with Gasteiger partial charge >= 0.3 is 0 Å². The van der Waals surface area contributed by atoms with Crippen LogP contribution in [0.4, 0.5) is 5.69 Å². The van der Waals surface area contributed by atoms with Crippen LogP contribution in [0.25, 0.3) is 6.08 Å². The number of nitrogens with one attached hydrogen (secondary N) is 1. The summed E-state index contributed by atoms with van der Waals surface area (Å²) in [6.45, 7) is 6.63. The normalized spacial score (nSPS) is 15.7. The van der Waals surface area contributed by atoms with E-state index < -0.39 is 10.8 Å². The fraction of sp³-hybridized carbons (Fsp3) is 0.379. The third-order valence-electron chi connectivity index (χ3n) is 6.58. The molecule has 2 aromatic carbocycles. The van der Waals surface area contributed by atoms with E-state index in [9.17, 15) is 14.9 Å². The van der Waals surface area contributed by atoms with Crippen LogP contribution < -0.4 is 9.47 Å². The number of nitrogens with zero attached hydrogens (tertiary/aromatic N) is 4. The van der Waals surface area contributed by atoms with Gasteiger partial charge in [-0.05, 0) is 73.9 Å². The molecule has 2 heterocycles. The van der Waals surface area contributed by atoms with Gasteiger partial charge in [0.15, 0.2) is 5.84 Å². The van der Waals surface area contributed by atoms with E-state index in [2.05, 4.69) is 17.0 Å². The first kappa shape index (κ1) is 29.0. The van der Waals surface area contributed by atoms with Crippen LogP contribution in [0, 0.1) is 29.4 Å². The number of non-ortho nitro benzene ring substituents is 1. The van der Waals surface area contributed by atoms with Gasteiger partial charge in [0.2, 0.25) is 5.17 Å². The first-order valence-electron chi connectivity index (χ1n) is 13.4. The minimum absolute atomic E-state index is 0.0194. The van der Waals surface area contributed by atoms with Gasteiger partial charge in [-0.15, -0.1) is 0 Å². The highest BCUT2D eigenvalue weighted by Crippen LogP contribution is 2.32. The summed E-state index contributed by atoms with van der Waals surface area (Å²) < 4.78 is 11.7. The van der Waals surface area contributed by atoms with Gasteiger partial charge in [0.1, 0.15) is 29.8 Å². The third kappa shape index (κ3) is 7.15. The number of fused-ring (bicyclic) bond motifs is 1. The molecule has 0 aromatic heterocycles. The van der Waals surface area contributed by atoms with Gasteiger partial charge in [-0.25, -0.2) is 0 Å². The Morgan fingerprint density at radius 2 is 1.82 bits per heavy atom.